The second-order valence-electron chi connectivity index (χ2n) is 8.29. The number of benzene rings is 1. The number of anilines is 2. The average molecular weight is 474 g/mol. The Kier molecular flexibility index (Phi) is 4.69. The van der Waals surface area contributed by atoms with Crippen LogP contribution in [0, 0.1) is 18.6 Å². The number of nitrogens with zero attached hydrogens (tertiary/aromatic N) is 9. The molecule has 35 heavy (non-hydrogen) atoms. The smallest absolute Gasteiger partial charge is 0.165 e. The second kappa shape index (κ2) is 7.79. The van der Waals surface area contributed by atoms with E-state index in [1.807, 2.05) is 24.7 Å². The van der Waals surface area contributed by atoms with Gasteiger partial charge in [-0.1, -0.05) is 6.92 Å². The summed E-state index contributed by atoms with van der Waals surface area (Å²) in [4.78, 5) is 11.6. The van der Waals surface area contributed by atoms with Crippen LogP contribution in [0.4, 0.5) is 20.3 Å². The Labute approximate surface area is 198 Å². The van der Waals surface area contributed by atoms with E-state index in [0.717, 1.165) is 35.5 Å². The minimum atomic E-state index is -0.707. The lowest BCUT2D eigenvalue weighted by atomic mass is 10.1. The molecule has 0 fully saturated rings. The van der Waals surface area contributed by atoms with Crippen LogP contribution < -0.4 is 4.90 Å². The third-order valence-electron chi connectivity index (χ3n) is 6.12. The lowest BCUT2D eigenvalue weighted by Gasteiger charge is -2.36. The summed E-state index contributed by atoms with van der Waals surface area (Å²) in [6, 6.07) is 3.25. The maximum atomic E-state index is 14.6. The van der Waals surface area contributed by atoms with E-state index in [2.05, 4.69) is 42.3 Å². The van der Waals surface area contributed by atoms with E-state index in [0.29, 0.717) is 22.9 Å². The summed E-state index contributed by atoms with van der Waals surface area (Å²) in [7, 11) is 1.85. The number of aromatic amines is 1. The van der Waals surface area contributed by atoms with Crippen molar-refractivity contribution in [1.29, 1.82) is 0 Å². The Morgan fingerprint density at radius 3 is 2.69 bits per heavy atom. The number of fused-ring (bicyclic) bond motifs is 3. The monoisotopic (exact) mass is 474 g/mol. The molecule has 0 aliphatic carbocycles. The summed E-state index contributed by atoms with van der Waals surface area (Å²) < 4.78 is 31.7. The Morgan fingerprint density at radius 2 is 1.94 bits per heavy atom. The molecule has 0 saturated heterocycles. The van der Waals surface area contributed by atoms with Crippen molar-refractivity contribution in [1.82, 2.24) is 44.7 Å². The molecule has 176 valence electrons. The molecule has 0 unspecified atom stereocenters. The maximum Gasteiger partial charge on any atom is 0.165 e. The molecule has 6 rings (SSSR count). The molecular weight excluding hydrogens is 454 g/mol. The van der Waals surface area contributed by atoms with Gasteiger partial charge in [0.15, 0.2) is 17.5 Å². The molecule has 0 saturated carbocycles. The van der Waals surface area contributed by atoms with Gasteiger partial charge in [-0.3, -0.25) is 14.3 Å². The van der Waals surface area contributed by atoms with Gasteiger partial charge in [0.25, 0.3) is 0 Å². The number of nitrogens with one attached hydrogen (secondary N) is 1. The Bertz CT molecular complexity index is 1570. The molecule has 0 radical (unpaired) electrons. The van der Waals surface area contributed by atoms with Gasteiger partial charge in [-0.15, -0.1) is 10.2 Å². The number of hydrogen-bond donors (Lipinski definition) is 1. The third kappa shape index (κ3) is 3.21. The van der Waals surface area contributed by atoms with Crippen LogP contribution >= 0.6 is 0 Å². The Balaban J connectivity index is 1.56. The minimum Gasteiger partial charge on any atom is -0.311 e. The zero-order chi connectivity index (χ0) is 24.3. The maximum absolute atomic E-state index is 14.6. The SMILES string of the molecule is CC[C@@H]1c2nnc(C)n2-c2cnc(-c3cn[nH]c3-c3ccc(F)cc3F)nc2N1c1cnn(C)c1. The first-order valence-electron chi connectivity index (χ1n) is 11.0. The van der Waals surface area contributed by atoms with E-state index in [9.17, 15) is 8.78 Å². The molecule has 1 aromatic carbocycles. The van der Waals surface area contributed by atoms with Crippen molar-refractivity contribution in [2.45, 2.75) is 26.3 Å². The number of H-pyrrole nitrogens is 1. The molecule has 4 aromatic heterocycles. The van der Waals surface area contributed by atoms with Crippen LogP contribution in [-0.4, -0.2) is 44.7 Å². The van der Waals surface area contributed by atoms with Crippen molar-refractivity contribution in [2.75, 3.05) is 4.90 Å². The molecule has 1 aliphatic rings. The zero-order valence-electron chi connectivity index (χ0n) is 19.1. The quantitative estimate of drug-likeness (QED) is 0.419. The number of aryl methyl sites for hydroxylation is 2. The van der Waals surface area contributed by atoms with Crippen LogP contribution in [0.3, 0.4) is 0 Å². The van der Waals surface area contributed by atoms with Crippen molar-refractivity contribution in [3.8, 4) is 28.3 Å². The van der Waals surface area contributed by atoms with Crippen molar-refractivity contribution in [3.63, 3.8) is 0 Å². The zero-order valence-corrected chi connectivity index (χ0v) is 19.1. The molecule has 12 heteroatoms. The van der Waals surface area contributed by atoms with Crippen molar-refractivity contribution < 1.29 is 8.78 Å². The van der Waals surface area contributed by atoms with Crippen molar-refractivity contribution >= 4 is 11.5 Å². The predicted octanol–water partition coefficient (Wildman–Crippen LogP) is 4.04. The van der Waals surface area contributed by atoms with E-state index in [4.69, 9.17) is 4.98 Å². The summed E-state index contributed by atoms with van der Waals surface area (Å²) in [6.45, 7) is 3.95. The molecule has 1 atom stereocenters. The number of hydrogen-bond acceptors (Lipinski definition) is 7. The molecule has 5 heterocycles. The van der Waals surface area contributed by atoms with E-state index < -0.39 is 11.6 Å². The van der Waals surface area contributed by atoms with Gasteiger partial charge in [0.2, 0.25) is 0 Å². The topological polar surface area (TPSA) is 106 Å². The van der Waals surface area contributed by atoms with E-state index in [1.54, 1.807) is 17.1 Å². The highest BCUT2D eigenvalue weighted by Crippen LogP contribution is 2.44. The highest BCUT2D eigenvalue weighted by atomic mass is 19.1. The first-order chi connectivity index (χ1) is 17.0. The normalized spacial score (nSPS) is 14.8. The van der Waals surface area contributed by atoms with Gasteiger partial charge in [-0.05, 0) is 25.5 Å². The van der Waals surface area contributed by atoms with Gasteiger partial charge in [0.1, 0.15) is 23.1 Å². The number of aromatic nitrogens is 9. The number of rotatable bonds is 4. The Hall–Kier alpha value is -4.48. The molecule has 0 spiro atoms. The molecule has 1 N–H and O–H groups in total. The molecule has 5 aromatic rings. The summed E-state index contributed by atoms with van der Waals surface area (Å²) in [5.41, 5.74) is 2.59. The van der Waals surface area contributed by atoms with Crippen LogP contribution in [0.1, 0.15) is 31.0 Å². The van der Waals surface area contributed by atoms with Crippen LogP contribution in [0.5, 0.6) is 0 Å². The fraction of sp³-hybridized carbons (Fsp3) is 0.217. The van der Waals surface area contributed by atoms with Crippen molar-refractivity contribution in [2.24, 2.45) is 7.05 Å². The number of halogens is 2. The lowest BCUT2D eigenvalue weighted by Crippen LogP contribution is -2.32. The summed E-state index contributed by atoms with van der Waals surface area (Å²) in [5, 5.41) is 20.0. The highest BCUT2D eigenvalue weighted by molar-refractivity contribution is 5.79. The van der Waals surface area contributed by atoms with Gasteiger partial charge in [0.05, 0.1) is 41.6 Å². The highest BCUT2D eigenvalue weighted by Gasteiger charge is 2.36. The summed E-state index contributed by atoms with van der Waals surface area (Å²) >= 11 is 0. The molecular formula is C23H20F2N10. The van der Waals surface area contributed by atoms with Gasteiger partial charge in [-0.2, -0.15) is 10.2 Å². The summed E-state index contributed by atoms with van der Waals surface area (Å²) in [5.74, 6) is 1.12. The van der Waals surface area contributed by atoms with Crippen LogP contribution in [-0.2, 0) is 7.05 Å². The van der Waals surface area contributed by atoms with Gasteiger partial charge < -0.3 is 4.90 Å². The first kappa shape index (κ1) is 21.1. The second-order valence-corrected chi connectivity index (χ2v) is 8.29. The van der Waals surface area contributed by atoms with Crippen LogP contribution in [0.25, 0.3) is 28.3 Å². The van der Waals surface area contributed by atoms with E-state index in [1.165, 1.54) is 18.3 Å². The fourth-order valence-corrected chi connectivity index (χ4v) is 4.54. The average Bonchev–Trinajstić information content (AvgIpc) is 3.58. The van der Waals surface area contributed by atoms with Crippen molar-refractivity contribution in [3.05, 3.63) is 66.3 Å². The Morgan fingerprint density at radius 1 is 1.09 bits per heavy atom. The van der Waals surface area contributed by atoms with E-state index >= 15 is 0 Å². The van der Waals surface area contributed by atoms with Crippen LogP contribution in [0.15, 0.2) is 43.0 Å². The lowest BCUT2D eigenvalue weighted by molar-refractivity contribution is 0.585. The minimum absolute atomic E-state index is 0.144. The van der Waals surface area contributed by atoms with Crippen LogP contribution in [0.2, 0.25) is 0 Å². The van der Waals surface area contributed by atoms with E-state index in [-0.39, 0.29) is 11.6 Å². The summed E-state index contributed by atoms with van der Waals surface area (Å²) in [6.07, 6.45) is 7.65. The van der Waals surface area contributed by atoms with Gasteiger partial charge >= 0.3 is 0 Å². The largest absolute Gasteiger partial charge is 0.311 e. The predicted molar refractivity (Wildman–Crippen MR) is 123 cm³/mol. The molecule has 0 amide bonds. The first-order valence-corrected chi connectivity index (χ1v) is 11.0. The molecule has 0 bridgehead atoms. The molecule has 10 nitrogen and oxygen atoms in total. The molecule has 1 aliphatic heterocycles. The fourth-order valence-electron chi connectivity index (χ4n) is 4.54. The van der Waals surface area contributed by atoms with Gasteiger partial charge in [0, 0.05) is 24.9 Å². The standard InChI is InChI=1S/C23H20F2N10/c1-4-18-23-32-30-12(2)34(23)19-10-26-21(29-22(19)35(18)14-8-28-33(3)11-14)16-9-27-31-20(16)15-6-5-13(24)7-17(15)25/h5-11,18H,4H2,1-3H3,(H,27,31)/t18-/m1/s1. The third-order valence-corrected chi connectivity index (χ3v) is 6.12. The van der Waals surface area contributed by atoms with Gasteiger partial charge in [-0.25, -0.2) is 18.7 Å².